The van der Waals surface area contributed by atoms with Crippen LogP contribution >= 0.6 is 11.8 Å². The van der Waals surface area contributed by atoms with E-state index in [1.807, 2.05) is 11.8 Å². The smallest absolute Gasteiger partial charge is 0.0107 e. The molecule has 0 saturated heterocycles. The molecule has 0 aromatic heterocycles. The average molecular weight is 263 g/mol. The number of rotatable bonds is 7. The molecule has 1 N–H and O–H groups in total. The van der Waals surface area contributed by atoms with Crippen LogP contribution in [0.15, 0.2) is 29.2 Å². The fourth-order valence-electron chi connectivity index (χ4n) is 2.58. The van der Waals surface area contributed by atoms with Gasteiger partial charge in [-0.3, -0.25) is 0 Å². The molecule has 1 heterocycles. The summed E-state index contributed by atoms with van der Waals surface area (Å²) in [6, 6.07) is 8.93. The molecule has 2 atom stereocenters. The van der Waals surface area contributed by atoms with E-state index in [-0.39, 0.29) is 0 Å². The number of nitrogens with one attached hydrogen (secondary N) is 1. The fraction of sp³-hybridized carbons (Fsp3) is 0.625. The van der Waals surface area contributed by atoms with E-state index in [0.29, 0.717) is 0 Å². The first-order valence-electron chi connectivity index (χ1n) is 7.23. The second-order valence-electron chi connectivity index (χ2n) is 5.43. The summed E-state index contributed by atoms with van der Waals surface area (Å²) >= 11 is 2.03. The van der Waals surface area contributed by atoms with Crippen molar-refractivity contribution < 1.29 is 0 Å². The second-order valence-corrected chi connectivity index (χ2v) is 6.49. The predicted molar refractivity (Wildman–Crippen MR) is 81.5 cm³/mol. The van der Waals surface area contributed by atoms with Crippen LogP contribution in [-0.4, -0.2) is 18.8 Å². The molecule has 0 radical (unpaired) electrons. The molecular formula is C16H25NS. The lowest BCUT2D eigenvalue weighted by Crippen LogP contribution is -2.22. The normalized spacial score (nSPS) is 19.8. The van der Waals surface area contributed by atoms with Crippen LogP contribution in [0.4, 0.5) is 0 Å². The fourth-order valence-corrected chi connectivity index (χ4v) is 3.88. The molecule has 0 fully saturated rings. The van der Waals surface area contributed by atoms with Crippen molar-refractivity contribution >= 4 is 11.8 Å². The van der Waals surface area contributed by atoms with Gasteiger partial charge in [-0.1, -0.05) is 32.0 Å². The SMILES string of the molecule is CCCNCC(C)CCC1CSc2ccccc21. The maximum absolute atomic E-state index is 3.52. The molecule has 18 heavy (non-hydrogen) atoms. The first-order chi connectivity index (χ1) is 8.81. The van der Waals surface area contributed by atoms with Gasteiger partial charge in [-0.2, -0.15) is 0 Å². The van der Waals surface area contributed by atoms with Gasteiger partial charge in [0.2, 0.25) is 0 Å². The second kappa shape index (κ2) is 7.20. The van der Waals surface area contributed by atoms with Gasteiger partial charge in [0.1, 0.15) is 0 Å². The zero-order valence-corrected chi connectivity index (χ0v) is 12.4. The minimum Gasteiger partial charge on any atom is -0.316 e. The van der Waals surface area contributed by atoms with Gasteiger partial charge < -0.3 is 5.32 Å². The van der Waals surface area contributed by atoms with Crippen LogP contribution in [0, 0.1) is 5.92 Å². The molecule has 0 bridgehead atoms. The molecule has 0 spiro atoms. The van der Waals surface area contributed by atoms with Crippen LogP contribution in [0.3, 0.4) is 0 Å². The van der Waals surface area contributed by atoms with Crippen molar-refractivity contribution in [3.05, 3.63) is 29.8 Å². The molecule has 100 valence electrons. The Balaban J connectivity index is 1.75. The minimum atomic E-state index is 0.792. The third kappa shape index (κ3) is 3.76. The summed E-state index contributed by atoms with van der Waals surface area (Å²) in [5.41, 5.74) is 1.59. The van der Waals surface area contributed by atoms with Crippen molar-refractivity contribution in [1.82, 2.24) is 5.32 Å². The zero-order valence-electron chi connectivity index (χ0n) is 11.6. The molecule has 1 nitrogen and oxygen atoms in total. The summed E-state index contributed by atoms with van der Waals surface area (Å²) in [7, 11) is 0. The minimum absolute atomic E-state index is 0.792. The Bertz CT molecular complexity index is 364. The predicted octanol–water partition coefficient (Wildman–Crippen LogP) is 4.29. The Morgan fingerprint density at radius 1 is 1.39 bits per heavy atom. The Labute approximate surface area is 116 Å². The molecule has 2 rings (SSSR count). The standard InChI is InChI=1S/C16H25NS/c1-3-10-17-11-13(2)8-9-14-12-18-16-7-5-4-6-15(14)16/h4-7,13-14,17H,3,8-12H2,1-2H3. The summed E-state index contributed by atoms with van der Waals surface area (Å²) in [5, 5.41) is 3.52. The van der Waals surface area contributed by atoms with E-state index in [0.717, 1.165) is 18.4 Å². The molecule has 0 amide bonds. The maximum atomic E-state index is 3.52. The summed E-state index contributed by atoms with van der Waals surface area (Å²) in [4.78, 5) is 1.51. The highest BCUT2D eigenvalue weighted by molar-refractivity contribution is 7.99. The van der Waals surface area contributed by atoms with E-state index in [1.165, 1.54) is 36.5 Å². The molecule has 1 aromatic rings. The van der Waals surface area contributed by atoms with Gasteiger partial charge in [0.25, 0.3) is 0 Å². The van der Waals surface area contributed by atoms with Gasteiger partial charge in [-0.25, -0.2) is 0 Å². The van der Waals surface area contributed by atoms with E-state index >= 15 is 0 Å². The first kappa shape index (κ1) is 14.0. The largest absolute Gasteiger partial charge is 0.316 e. The maximum Gasteiger partial charge on any atom is 0.0107 e. The molecule has 0 saturated carbocycles. The lowest BCUT2D eigenvalue weighted by Gasteiger charge is -2.15. The van der Waals surface area contributed by atoms with Crippen molar-refractivity contribution in [1.29, 1.82) is 0 Å². The van der Waals surface area contributed by atoms with Gasteiger partial charge in [0.05, 0.1) is 0 Å². The Hall–Kier alpha value is -0.470. The third-order valence-electron chi connectivity index (χ3n) is 3.73. The average Bonchev–Trinajstić information content (AvgIpc) is 2.80. The Morgan fingerprint density at radius 2 is 2.22 bits per heavy atom. The molecule has 0 aliphatic carbocycles. The van der Waals surface area contributed by atoms with Gasteiger partial charge in [-0.05, 0) is 55.8 Å². The van der Waals surface area contributed by atoms with Gasteiger partial charge in [-0.15, -0.1) is 11.8 Å². The van der Waals surface area contributed by atoms with Crippen LogP contribution in [0.2, 0.25) is 0 Å². The summed E-state index contributed by atoms with van der Waals surface area (Å²) in [5.74, 6) is 2.88. The van der Waals surface area contributed by atoms with Crippen molar-refractivity contribution in [3.8, 4) is 0 Å². The number of fused-ring (bicyclic) bond motifs is 1. The highest BCUT2D eigenvalue weighted by atomic mass is 32.2. The number of hydrogen-bond donors (Lipinski definition) is 1. The molecule has 1 aliphatic heterocycles. The summed E-state index contributed by atoms with van der Waals surface area (Å²) in [6.45, 7) is 6.93. The number of thioether (sulfide) groups is 1. The van der Waals surface area contributed by atoms with Crippen LogP contribution in [0.5, 0.6) is 0 Å². The lowest BCUT2D eigenvalue weighted by atomic mass is 9.92. The highest BCUT2D eigenvalue weighted by Crippen LogP contribution is 2.41. The van der Waals surface area contributed by atoms with E-state index in [2.05, 4.69) is 43.4 Å². The van der Waals surface area contributed by atoms with Gasteiger partial charge >= 0.3 is 0 Å². The highest BCUT2D eigenvalue weighted by Gasteiger charge is 2.22. The lowest BCUT2D eigenvalue weighted by molar-refractivity contribution is 0.451. The van der Waals surface area contributed by atoms with Gasteiger partial charge in [0.15, 0.2) is 0 Å². The number of hydrogen-bond acceptors (Lipinski definition) is 2. The zero-order chi connectivity index (χ0) is 12.8. The third-order valence-corrected chi connectivity index (χ3v) is 4.98. The topological polar surface area (TPSA) is 12.0 Å². The van der Waals surface area contributed by atoms with Crippen molar-refractivity contribution in [2.24, 2.45) is 5.92 Å². The van der Waals surface area contributed by atoms with Crippen LogP contribution in [0.25, 0.3) is 0 Å². The van der Waals surface area contributed by atoms with E-state index in [4.69, 9.17) is 0 Å². The molecule has 2 heteroatoms. The van der Waals surface area contributed by atoms with Crippen LogP contribution in [0.1, 0.15) is 44.6 Å². The molecular weight excluding hydrogens is 238 g/mol. The van der Waals surface area contributed by atoms with Crippen LogP contribution < -0.4 is 5.32 Å². The Morgan fingerprint density at radius 3 is 3.06 bits per heavy atom. The van der Waals surface area contributed by atoms with E-state index in [9.17, 15) is 0 Å². The summed E-state index contributed by atoms with van der Waals surface area (Å²) in [6.07, 6.45) is 3.93. The molecule has 1 aliphatic rings. The Kier molecular flexibility index (Phi) is 5.58. The monoisotopic (exact) mass is 263 g/mol. The number of benzene rings is 1. The molecule has 2 unspecified atom stereocenters. The van der Waals surface area contributed by atoms with Crippen molar-refractivity contribution in [2.45, 2.75) is 43.9 Å². The summed E-state index contributed by atoms with van der Waals surface area (Å²) < 4.78 is 0. The molecule has 1 aromatic carbocycles. The quantitative estimate of drug-likeness (QED) is 0.736. The van der Waals surface area contributed by atoms with Crippen molar-refractivity contribution in [2.75, 3.05) is 18.8 Å². The van der Waals surface area contributed by atoms with E-state index in [1.54, 1.807) is 5.56 Å². The van der Waals surface area contributed by atoms with Crippen molar-refractivity contribution in [3.63, 3.8) is 0 Å². The van der Waals surface area contributed by atoms with Gasteiger partial charge in [0, 0.05) is 10.6 Å². The first-order valence-corrected chi connectivity index (χ1v) is 8.22. The van der Waals surface area contributed by atoms with E-state index < -0.39 is 0 Å². The van der Waals surface area contributed by atoms with Crippen LogP contribution in [-0.2, 0) is 0 Å².